The molecule has 0 amide bonds. The summed E-state index contributed by atoms with van der Waals surface area (Å²) in [5.74, 6) is -0.0758. The van der Waals surface area contributed by atoms with Crippen LogP contribution < -0.4 is 5.73 Å². The summed E-state index contributed by atoms with van der Waals surface area (Å²) < 4.78 is 5.22. The number of piperazine rings is 1. The Morgan fingerprint density at radius 1 is 1.15 bits per heavy atom. The highest BCUT2D eigenvalue weighted by atomic mass is 16.5. The lowest BCUT2D eigenvalue weighted by Gasteiger charge is -2.34. The van der Waals surface area contributed by atoms with Crippen molar-refractivity contribution in [1.29, 1.82) is 0 Å². The average molecular weight is 286 g/mol. The molecule has 1 aliphatic rings. The van der Waals surface area contributed by atoms with Crippen LogP contribution in [0.3, 0.4) is 0 Å². The topological polar surface area (TPSA) is 62.0 Å². The lowest BCUT2D eigenvalue weighted by molar-refractivity contribution is -0.144. The van der Waals surface area contributed by atoms with Crippen LogP contribution in [0.5, 0.6) is 0 Å². The van der Waals surface area contributed by atoms with E-state index in [0.717, 1.165) is 58.8 Å². The van der Waals surface area contributed by atoms with Crippen molar-refractivity contribution < 1.29 is 9.53 Å². The van der Waals surface area contributed by atoms with E-state index >= 15 is 0 Å². The largest absolute Gasteiger partial charge is 0.466 e. The van der Waals surface area contributed by atoms with Gasteiger partial charge >= 0.3 is 5.97 Å². The molecule has 0 spiro atoms. The molecule has 0 aromatic rings. The van der Waals surface area contributed by atoms with Crippen molar-refractivity contribution in [3.05, 3.63) is 0 Å². The lowest BCUT2D eigenvalue weighted by atomic mass is 10.3. The fourth-order valence-electron chi connectivity index (χ4n) is 2.31. The lowest BCUT2D eigenvalue weighted by Crippen LogP contribution is -2.48. The minimum absolute atomic E-state index is 0.0758. The molecule has 1 fully saturated rings. The maximum atomic E-state index is 11.6. The number of ether oxygens (including phenoxy) is 1. The highest BCUT2D eigenvalue weighted by Crippen LogP contribution is 2.02. The summed E-state index contributed by atoms with van der Waals surface area (Å²) in [7, 11) is 4.04. The second-order valence-electron chi connectivity index (χ2n) is 5.60. The van der Waals surface area contributed by atoms with E-state index in [1.807, 2.05) is 14.1 Å². The third-order valence-corrected chi connectivity index (χ3v) is 3.56. The van der Waals surface area contributed by atoms with Gasteiger partial charge in [-0.1, -0.05) is 0 Å². The normalized spacial score (nSPS) is 17.6. The Morgan fingerprint density at radius 3 is 2.30 bits per heavy atom. The van der Waals surface area contributed by atoms with E-state index in [9.17, 15) is 4.79 Å². The minimum Gasteiger partial charge on any atom is -0.466 e. The number of nitrogens with two attached hydrogens (primary N) is 1. The van der Waals surface area contributed by atoms with Gasteiger partial charge in [0, 0.05) is 52.4 Å². The van der Waals surface area contributed by atoms with Crippen molar-refractivity contribution in [2.24, 2.45) is 5.73 Å². The molecule has 0 aromatic carbocycles. The predicted octanol–water partition coefficient (Wildman–Crippen LogP) is -0.552. The van der Waals surface area contributed by atoms with Crippen LogP contribution in [-0.2, 0) is 9.53 Å². The summed E-state index contributed by atoms with van der Waals surface area (Å²) in [6.07, 6.45) is 1.40. The summed E-state index contributed by atoms with van der Waals surface area (Å²) in [5, 5.41) is 0. The summed E-state index contributed by atoms with van der Waals surface area (Å²) in [6.45, 7) is 8.13. The maximum Gasteiger partial charge on any atom is 0.307 e. The molecule has 0 radical (unpaired) electrons. The van der Waals surface area contributed by atoms with E-state index in [1.54, 1.807) is 0 Å². The molecule has 6 heteroatoms. The molecule has 0 saturated carbocycles. The van der Waals surface area contributed by atoms with E-state index in [2.05, 4.69) is 14.7 Å². The molecular formula is C14H30N4O2. The number of nitrogens with zero attached hydrogens (tertiary/aromatic N) is 3. The molecule has 2 N–H and O–H groups in total. The third-order valence-electron chi connectivity index (χ3n) is 3.56. The molecule has 1 rings (SSSR count). The van der Waals surface area contributed by atoms with Crippen molar-refractivity contribution in [2.75, 3.05) is 73.1 Å². The van der Waals surface area contributed by atoms with Crippen molar-refractivity contribution in [3.8, 4) is 0 Å². The molecule has 0 aromatic heterocycles. The second kappa shape index (κ2) is 10.1. The summed E-state index contributed by atoms with van der Waals surface area (Å²) >= 11 is 0. The monoisotopic (exact) mass is 286 g/mol. The van der Waals surface area contributed by atoms with E-state index in [0.29, 0.717) is 13.0 Å². The number of hydrogen-bond acceptors (Lipinski definition) is 6. The van der Waals surface area contributed by atoms with Crippen molar-refractivity contribution in [2.45, 2.75) is 12.8 Å². The molecule has 1 heterocycles. The highest BCUT2D eigenvalue weighted by Gasteiger charge is 2.16. The Bertz CT molecular complexity index is 266. The fraction of sp³-hybridized carbons (Fsp3) is 0.929. The van der Waals surface area contributed by atoms with Crippen LogP contribution in [0.15, 0.2) is 0 Å². The van der Waals surface area contributed by atoms with Crippen molar-refractivity contribution >= 4 is 5.97 Å². The molecule has 20 heavy (non-hydrogen) atoms. The molecule has 1 aliphatic heterocycles. The second-order valence-corrected chi connectivity index (χ2v) is 5.60. The van der Waals surface area contributed by atoms with Crippen LogP contribution >= 0.6 is 0 Å². The first-order valence-electron chi connectivity index (χ1n) is 7.57. The minimum atomic E-state index is -0.0758. The molecule has 1 saturated heterocycles. The first-order chi connectivity index (χ1) is 9.61. The van der Waals surface area contributed by atoms with Crippen LogP contribution in [-0.4, -0.2) is 93.7 Å². The first-order valence-corrected chi connectivity index (χ1v) is 7.57. The number of hydrogen-bond donors (Lipinski definition) is 1. The Balaban J connectivity index is 2.01. The molecule has 118 valence electrons. The Morgan fingerprint density at radius 2 is 1.75 bits per heavy atom. The molecule has 0 unspecified atom stereocenters. The molecule has 0 bridgehead atoms. The van der Waals surface area contributed by atoms with Crippen LogP contribution in [0.1, 0.15) is 12.8 Å². The average Bonchev–Trinajstić information content (AvgIpc) is 2.43. The fourth-order valence-corrected chi connectivity index (χ4v) is 2.31. The predicted molar refractivity (Wildman–Crippen MR) is 80.7 cm³/mol. The smallest absolute Gasteiger partial charge is 0.307 e. The number of rotatable bonds is 9. The zero-order valence-electron chi connectivity index (χ0n) is 13.0. The standard InChI is InChI=1S/C14H30N4O2/c1-16(2)6-3-13-20-14(19)4-7-17-9-11-18(8-5-15)12-10-17/h3-13,15H2,1-2H3. The Hall–Kier alpha value is -0.690. The van der Waals surface area contributed by atoms with Gasteiger partial charge < -0.3 is 20.3 Å². The van der Waals surface area contributed by atoms with Gasteiger partial charge in [0.15, 0.2) is 0 Å². The quantitative estimate of drug-likeness (QED) is 0.453. The summed E-state index contributed by atoms with van der Waals surface area (Å²) in [6, 6.07) is 0. The van der Waals surface area contributed by atoms with E-state index < -0.39 is 0 Å². The third kappa shape index (κ3) is 7.79. The number of esters is 1. The van der Waals surface area contributed by atoms with Crippen LogP contribution in [0.2, 0.25) is 0 Å². The van der Waals surface area contributed by atoms with E-state index in [-0.39, 0.29) is 5.97 Å². The highest BCUT2D eigenvalue weighted by molar-refractivity contribution is 5.69. The van der Waals surface area contributed by atoms with Gasteiger partial charge in [0.2, 0.25) is 0 Å². The van der Waals surface area contributed by atoms with E-state index in [1.165, 1.54) is 0 Å². The first kappa shape index (κ1) is 17.4. The number of carbonyl (C=O) groups is 1. The summed E-state index contributed by atoms with van der Waals surface area (Å²) in [5.41, 5.74) is 5.55. The van der Waals surface area contributed by atoms with Gasteiger partial charge in [-0.05, 0) is 20.5 Å². The molecule has 0 atom stereocenters. The van der Waals surface area contributed by atoms with Gasteiger partial charge in [-0.15, -0.1) is 0 Å². The zero-order valence-corrected chi connectivity index (χ0v) is 13.0. The zero-order chi connectivity index (χ0) is 14.8. The Kier molecular flexibility index (Phi) is 8.77. The number of carbonyl (C=O) groups excluding carboxylic acids is 1. The van der Waals surface area contributed by atoms with Gasteiger partial charge in [-0.25, -0.2) is 0 Å². The van der Waals surface area contributed by atoms with Crippen LogP contribution in [0.25, 0.3) is 0 Å². The maximum absolute atomic E-state index is 11.6. The Labute approximate surface area is 122 Å². The van der Waals surface area contributed by atoms with Gasteiger partial charge in [0.05, 0.1) is 13.0 Å². The van der Waals surface area contributed by atoms with Crippen molar-refractivity contribution in [1.82, 2.24) is 14.7 Å². The van der Waals surface area contributed by atoms with Crippen LogP contribution in [0.4, 0.5) is 0 Å². The van der Waals surface area contributed by atoms with Crippen LogP contribution in [0, 0.1) is 0 Å². The molecule has 6 nitrogen and oxygen atoms in total. The summed E-state index contributed by atoms with van der Waals surface area (Å²) in [4.78, 5) is 18.4. The van der Waals surface area contributed by atoms with E-state index in [4.69, 9.17) is 10.5 Å². The van der Waals surface area contributed by atoms with Gasteiger partial charge in [0.25, 0.3) is 0 Å². The van der Waals surface area contributed by atoms with Gasteiger partial charge in [-0.3, -0.25) is 9.69 Å². The van der Waals surface area contributed by atoms with Crippen molar-refractivity contribution in [3.63, 3.8) is 0 Å². The van der Waals surface area contributed by atoms with Gasteiger partial charge in [-0.2, -0.15) is 0 Å². The molecular weight excluding hydrogens is 256 g/mol. The van der Waals surface area contributed by atoms with Gasteiger partial charge in [0.1, 0.15) is 0 Å². The SMILES string of the molecule is CN(C)CCCOC(=O)CCN1CCN(CCN)CC1. The molecule has 0 aliphatic carbocycles.